The molecule has 11 aromatic rings. The number of benzene rings is 11. The molecular formula is C54H35N. The van der Waals surface area contributed by atoms with E-state index in [0.717, 1.165) is 11.4 Å². The maximum atomic E-state index is 2.51. The van der Waals surface area contributed by atoms with Crippen molar-refractivity contribution in [2.45, 2.75) is 0 Å². The Morgan fingerprint density at radius 3 is 1.51 bits per heavy atom. The smallest absolute Gasteiger partial charge is 0.0625 e. The van der Waals surface area contributed by atoms with Crippen LogP contribution in [0.1, 0.15) is 0 Å². The van der Waals surface area contributed by atoms with E-state index in [9.17, 15) is 0 Å². The van der Waals surface area contributed by atoms with E-state index in [4.69, 9.17) is 0 Å². The van der Waals surface area contributed by atoms with E-state index in [1.807, 2.05) is 0 Å². The zero-order chi connectivity index (χ0) is 36.3. The van der Waals surface area contributed by atoms with Gasteiger partial charge in [-0.25, -0.2) is 0 Å². The summed E-state index contributed by atoms with van der Waals surface area (Å²) in [5.74, 6) is 0. The summed E-state index contributed by atoms with van der Waals surface area (Å²) in [6.45, 7) is 0. The fraction of sp³-hybridized carbons (Fsp3) is 0. The topological polar surface area (TPSA) is 3.24 Å². The number of nitrogens with zero attached hydrogens (tertiary/aromatic N) is 1. The summed E-state index contributed by atoms with van der Waals surface area (Å²) in [7, 11) is 0. The van der Waals surface area contributed by atoms with E-state index in [-0.39, 0.29) is 0 Å². The molecular weight excluding hydrogens is 663 g/mol. The first-order chi connectivity index (χ1) is 27.3. The highest BCUT2D eigenvalue weighted by Gasteiger charge is 2.25. The zero-order valence-electron chi connectivity index (χ0n) is 30.2. The third-order valence-electron chi connectivity index (χ3n) is 11.4. The van der Waals surface area contributed by atoms with Gasteiger partial charge in [0, 0.05) is 22.0 Å². The molecule has 1 heteroatoms. The van der Waals surface area contributed by atoms with Gasteiger partial charge in [0.1, 0.15) is 0 Å². The second-order valence-electron chi connectivity index (χ2n) is 14.5. The minimum Gasteiger partial charge on any atom is -0.309 e. The molecule has 0 aliphatic carbocycles. The Labute approximate surface area is 320 Å². The molecule has 0 N–H and O–H groups in total. The van der Waals surface area contributed by atoms with Crippen LogP contribution in [0.3, 0.4) is 0 Å². The van der Waals surface area contributed by atoms with Crippen LogP contribution in [0.2, 0.25) is 0 Å². The van der Waals surface area contributed by atoms with Gasteiger partial charge in [-0.1, -0.05) is 182 Å². The van der Waals surface area contributed by atoms with Gasteiger partial charge in [0.05, 0.1) is 11.4 Å². The molecule has 0 saturated carbocycles. The lowest BCUT2D eigenvalue weighted by atomic mass is 9.89. The Morgan fingerprint density at radius 2 is 0.745 bits per heavy atom. The highest BCUT2D eigenvalue weighted by atomic mass is 15.1. The Morgan fingerprint density at radius 1 is 0.255 bits per heavy atom. The zero-order valence-corrected chi connectivity index (χ0v) is 30.2. The van der Waals surface area contributed by atoms with E-state index in [1.165, 1.54) is 92.6 Å². The highest BCUT2D eigenvalue weighted by molar-refractivity contribution is 6.23. The number of hydrogen-bond acceptors (Lipinski definition) is 1. The van der Waals surface area contributed by atoms with Crippen LogP contribution in [0.25, 0.3) is 86.9 Å². The molecule has 0 aliphatic heterocycles. The van der Waals surface area contributed by atoms with Gasteiger partial charge in [-0.3, -0.25) is 0 Å². The monoisotopic (exact) mass is 697 g/mol. The average Bonchev–Trinajstić information content (AvgIpc) is 3.26. The quantitative estimate of drug-likeness (QED) is 0.162. The van der Waals surface area contributed by atoms with Crippen molar-refractivity contribution >= 4 is 81.7 Å². The molecule has 1 nitrogen and oxygen atoms in total. The summed E-state index contributed by atoms with van der Waals surface area (Å²) in [6.07, 6.45) is 0. The van der Waals surface area contributed by atoms with Crippen LogP contribution in [0, 0.1) is 0 Å². The van der Waals surface area contributed by atoms with E-state index < -0.39 is 0 Å². The van der Waals surface area contributed by atoms with Crippen molar-refractivity contribution in [3.05, 3.63) is 212 Å². The molecule has 11 aromatic carbocycles. The molecule has 11 rings (SSSR count). The summed E-state index contributed by atoms with van der Waals surface area (Å²) in [4.78, 5) is 2.51. The van der Waals surface area contributed by atoms with Crippen LogP contribution in [-0.2, 0) is 0 Å². The largest absolute Gasteiger partial charge is 0.309 e. The van der Waals surface area contributed by atoms with Crippen molar-refractivity contribution in [2.75, 3.05) is 4.90 Å². The number of hydrogen-bond donors (Lipinski definition) is 0. The van der Waals surface area contributed by atoms with Crippen LogP contribution in [-0.4, -0.2) is 0 Å². The maximum Gasteiger partial charge on any atom is 0.0625 e. The van der Waals surface area contributed by atoms with Gasteiger partial charge in [0.2, 0.25) is 0 Å². The number of fused-ring (bicyclic) bond motifs is 8. The number of anilines is 3. The molecule has 0 aromatic heterocycles. The Hall–Kier alpha value is -7.22. The summed E-state index contributed by atoms with van der Waals surface area (Å²) in [5.41, 5.74) is 8.24. The second kappa shape index (κ2) is 12.7. The van der Waals surface area contributed by atoms with Crippen molar-refractivity contribution < 1.29 is 0 Å². The van der Waals surface area contributed by atoms with Crippen molar-refractivity contribution in [1.82, 2.24) is 0 Å². The van der Waals surface area contributed by atoms with Gasteiger partial charge < -0.3 is 4.90 Å². The Bertz CT molecular complexity index is 3260. The lowest BCUT2D eigenvalue weighted by Crippen LogP contribution is -2.13. The van der Waals surface area contributed by atoms with Gasteiger partial charge in [-0.2, -0.15) is 0 Å². The fourth-order valence-corrected chi connectivity index (χ4v) is 8.77. The first-order valence-corrected chi connectivity index (χ1v) is 19.0. The summed E-state index contributed by atoms with van der Waals surface area (Å²) >= 11 is 0. The highest BCUT2D eigenvalue weighted by Crippen LogP contribution is 2.51. The van der Waals surface area contributed by atoms with Crippen LogP contribution >= 0.6 is 0 Å². The van der Waals surface area contributed by atoms with Crippen molar-refractivity contribution in [2.24, 2.45) is 0 Å². The molecule has 0 amide bonds. The molecule has 0 atom stereocenters. The van der Waals surface area contributed by atoms with E-state index in [0.29, 0.717) is 0 Å². The van der Waals surface area contributed by atoms with Gasteiger partial charge in [-0.05, 0) is 101 Å². The molecule has 0 aliphatic rings. The summed E-state index contributed by atoms with van der Waals surface area (Å²) < 4.78 is 0. The molecule has 55 heavy (non-hydrogen) atoms. The SMILES string of the molecule is c1ccc2cc(-c3c(N(c4ccc(-c5ccc6ccc7ccccc7c6c5)cc4)c4cccc5ccccc45)c4ccccc4c4ccccc34)ccc2c1. The molecule has 0 radical (unpaired) electrons. The van der Waals surface area contributed by atoms with Crippen molar-refractivity contribution in [3.8, 4) is 22.3 Å². The maximum absolute atomic E-state index is 2.51. The normalized spacial score (nSPS) is 11.6. The molecule has 256 valence electrons. The third-order valence-corrected chi connectivity index (χ3v) is 11.4. The predicted octanol–water partition coefficient (Wildman–Crippen LogP) is 15.4. The fourth-order valence-electron chi connectivity index (χ4n) is 8.77. The third kappa shape index (κ3) is 5.16. The Balaban J connectivity index is 1.19. The van der Waals surface area contributed by atoms with Gasteiger partial charge in [-0.15, -0.1) is 0 Å². The minimum atomic E-state index is 1.11. The van der Waals surface area contributed by atoms with Crippen molar-refractivity contribution in [1.29, 1.82) is 0 Å². The molecule has 0 saturated heterocycles. The number of rotatable bonds is 5. The Kier molecular flexibility index (Phi) is 7.25. The lowest BCUT2D eigenvalue weighted by molar-refractivity contribution is 1.32. The molecule has 0 bridgehead atoms. The first kappa shape index (κ1) is 31.3. The van der Waals surface area contributed by atoms with E-state index >= 15 is 0 Å². The molecule has 0 heterocycles. The van der Waals surface area contributed by atoms with Crippen LogP contribution in [0.5, 0.6) is 0 Å². The molecule has 0 fully saturated rings. The van der Waals surface area contributed by atoms with Gasteiger partial charge in [0.15, 0.2) is 0 Å². The molecule has 0 spiro atoms. The van der Waals surface area contributed by atoms with Crippen LogP contribution < -0.4 is 4.90 Å². The van der Waals surface area contributed by atoms with Crippen LogP contribution in [0.4, 0.5) is 17.1 Å². The summed E-state index contributed by atoms with van der Waals surface area (Å²) in [6, 6.07) is 78.0. The predicted molar refractivity (Wildman–Crippen MR) is 237 cm³/mol. The minimum absolute atomic E-state index is 1.11. The second-order valence-corrected chi connectivity index (χ2v) is 14.5. The lowest BCUT2D eigenvalue weighted by Gasteiger charge is -2.31. The summed E-state index contributed by atoms with van der Waals surface area (Å²) in [5, 5.41) is 14.9. The first-order valence-electron chi connectivity index (χ1n) is 19.0. The van der Waals surface area contributed by atoms with Crippen molar-refractivity contribution in [3.63, 3.8) is 0 Å². The van der Waals surface area contributed by atoms with Crippen LogP contribution in [0.15, 0.2) is 212 Å². The van der Waals surface area contributed by atoms with E-state index in [2.05, 4.69) is 217 Å². The van der Waals surface area contributed by atoms with E-state index in [1.54, 1.807) is 0 Å². The molecule has 0 unspecified atom stereocenters. The van der Waals surface area contributed by atoms with Gasteiger partial charge >= 0.3 is 0 Å². The average molecular weight is 698 g/mol. The van der Waals surface area contributed by atoms with Gasteiger partial charge in [0.25, 0.3) is 0 Å². The standard InChI is InChI=1S/C54H35N/c1-2-15-41-34-43(29-24-36(41)12-1)53-49-21-9-7-19-47(49)48-20-8-10-22-50(48)54(53)55(52-23-11-16-38-13-4-6-18-46(38)52)44-32-30-37(31-33-44)42-28-27-40-26-25-39-14-3-5-17-45(39)51(40)35-42/h1-35H.